The molecule has 0 amide bonds. The van der Waals surface area contributed by atoms with Gasteiger partial charge in [0, 0.05) is 65.1 Å². The number of carbonyl (C=O) groups excluding carboxylic acids is 2. The van der Waals surface area contributed by atoms with E-state index in [-0.39, 0.29) is 134 Å². The topological polar surface area (TPSA) is 243 Å². The van der Waals surface area contributed by atoms with Gasteiger partial charge < -0.3 is 105 Å². The normalized spacial score (nSPS) is 18.6. The van der Waals surface area contributed by atoms with Crippen LogP contribution < -0.4 is 10.6 Å². The molecule has 590 valence electrons. The van der Waals surface area contributed by atoms with Crippen LogP contribution >= 0.6 is 0 Å². The summed E-state index contributed by atoms with van der Waals surface area (Å²) in [5.74, 6) is 0.415. The van der Waals surface area contributed by atoms with Crippen LogP contribution in [0.25, 0.3) is 0 Å². The Labute approximate surface area is 601 Å². The average Bonchev–Trinajstić information content (AvgIpc) is 1.74. The molecule has 24 heteroatoms. The molecule has 20 unspecified atom stereocenters. The Balaban J connectivity index is 4.00. The molecule has 0 aliphatic carbocycles. The fourth-order valence-electron chi connectivity index (χ4n) is 8.73. The maximum absolute atomic E-state index is 12.7. The van der Waals surface area contributed by atoms with Gasteiger partial charge in [0.15, 0.2) is 0 Å². The zero-order valence-electron chi connectivity index (χ0n) is 66.4. The van der Waals surface area contributed by atoms with Crippen LogP contribution in [0.1, 0.15) is 184 Å². The molecule has 0 radical (unpaired) electrons. The van der Waals surface area contributed by atoms with Crippen LogP contribution in [-0.4, -0.2) is 293 Å². The first kappa shape index (κ1) is 97.2. The maximum Gasteiger partial charge on any atom is 0.134 e. The van der Waals surface area contributed by atoms with Crippen LogP contribution in [0.15, 0.2) is 11.6 Å². The van der Waals surface area contributed by atoms with Gasteiger partial charge in [-0.15, -0.1) is 0 Å². The van der Waals surface area contributed by atoms with Crippen LogP contribution in [-0.2, 0) is 104 Å². The predicted molar refractivity (Wildman–Crippen MR) is 388 cm³/mol. The Morgan fingerprint density at radius 2 is 0.444 bits per heavy atom. The Bertz CT molecular complexity index is 1900. The minimum absolute atomic E-state index is 0.0257. The molecule has 0 aliphatic rings. The molecule has 0 fully saturated rings. The van der Waals surface area contributed by atoms with Gasteiger partial charge in [-0.05, 0) is 158 Å². The molecule has 99 heavy (non-hydrogen) atoms. The highest BCUT2D eigenvalue weighted by atomic mass is 16.6. The molecule has 0 spiro atoms. The second kappa shape index (κ2) is 62.4. The molecule has 20 atom stereocenters. The van der Waals surface area contributed by atoms with Crippen LogP contribution in [0.5, 0.6) is 0 Å². The Hall–Kier alpha value is -1.80. The second-order valence-corrected chi connectivity index (χ2v) is 27.8. The van der Waals surface area contributed by atoms with Crippen LogP contribution in [0.4, 0.5) is 0 Å². The van der Waals surface area contributed by atoms with Gasteiger partial charge in [0.1, 0.15) is 11.6 Å². The Morgan fingerprint density at radius 3 is 0.657 bits per heavy atom. The third kappa shape index (κ3) is 62.1. The predicted octanol–water partition coefficient (Wildman–Crippen LogP) is 9.95. The second-order valence-electron chi connectivity index (χ2n) is 27.8. The van der Waals surface area contributed by atoms with E-state index in [1.54, 1.807) is 14.2 Å². The lowest BCUT2D eigenvalue weighted by Gasteiger charge is -2.23. The number of methoxy groups -OCH3 is 2. The molecule has 0 aromatic rings. The van der Waals surface area contributed by atoms with Crippen molar-refractivity contribution < 1.29 is 104 Å². The minimum atomic E-state index is -0.115. The van der Waals surface area contributed by atoms with E-state index in [2.05, 4.69) is 16.7 Å². The number of ketones is 2. The number of hydrogen-bond acceptors (Lipinski definition) is 24. The summed E-state index contributed by atoms with van der Waals surface area (Å²) in [6.07, 6.45) is 3.98. The molecule has 0 saturated carbocycles. The summed E-state index contributed by atoms with van der Waals surface area (Å²) in [6.45, 7) is 52.3. The molecule has 0 saturated heterocycles. The van der Waals surface area contributed by atoms with E-state index in [1.807, 2.05) is 145 Å². The fraction of sp³-hybridized carbons (Fsp3) is 0.947. The number of hydrogen-bond donors (Lipinski definition) is 2. The van der Waals surface area contributed by atoms with Crippen molar-refractivity contribution in [3.05, 3.63) is 11.6 Å². The first-order valence-electron chi connectivity index (χ1n) is 37.2. The molecule has 0 rings (SSSR count). The zero-order chi connectivity index (χ0) is 74.3. The summed E-state index contributed by atoms with van der Waals surface area (Å²) in [7, 11) is 3.34. The molecule has 0 aromatic heterocycles. The van der Waals surface area contributed by atoms with Crippen LogP contribution in [0.3, 0.4) is 0 Å². The first-order chi connectivity index (χ1) is 47.0. The quantitative estimate of drug-likeness (QED) is 0.0538. The van der Waals surface area contributed by atoms with E-state index in [9.17, 15) is 9.59 Å². The van der Waals surface area contributed by atoms with Gasteiger partial charge in [-0.1, -0.05) is 11.6 Å². The van der Waals surface area contributed by atoms with Gasteiger partial charge in [-0.2, -0.15) is 0 Å². The lowest BCUT2D eigenvalue weighted by atomic mass is 10.0. The molecule has 0 bridgehead atoms. The molecular formula is C75H148N2O22. The largest absolute Gasteiger partial charge is 0.379 e. The summed E-state index contributed by atoms with van der Waals surface area (Å²) >= 11 is 0. The van der Waals surface area contributed by atoms with Gasteiger partial charge in [-0.3, -0.25) is 9.59 Å². The third-order valence-electron chi connectivity index (χ3n) is 15.6. The van der Waals surface area contributed by atoms with Gasteiger partial charge in [0.05, 0.1) is 242 Å². The molecule has 0 aliphatic heterocycles. The summed E-state index contributed by atoms with van der Waals surface area (Å²) in [5.41, 5.74) is 1.13. The van der Waals surface area contributed by atoms with Crippen LogP contribution in [0.2, 0.25) is 0 Å². The van der Waals surface area contributed by atoms with Gasteiger partial charge in [0.2, 0.25) is 0 Å². The lowest BCUT2D eigenvalue weighted by molar-refractivity contribution is -0.119. The van der Waals surface area contributed by atoms with Crippen molar-refractivity contribution in [1.29, 1.82) is 0 Å². The van der Waals surface area contributed by atoms with Gasteiger partial charge in [0.25, 0.3) is 0 Å². The maximum atomic E-state index is 12.7. The smallest absolute Gasteiger partial charge is 0.134 e. The van der Waals surface area contributed by atoms with E-state index in [0.717, 1.165) is 5.57 Å². The van der Waals surface area contributed by atoms with Crippen LogP contribution in [0, 0.1) is 0 Å². The highest BCUT2D eigenvalue weighted by Gasteiger charge is 2.20. The summed E-state index contributed by atoms with van der Waals surface area (Å²) in [5, 5.41) is 6.79. The third-order valence-corrected chi connectivity index (χ3v) is 15.6. The number of ether oxygens (including phenoxy) is 20. The SMILES string of the molecule is COC(C)COC(C)COC(C)COC(C)COC(C)COC(C)COC(C)COC(C)COC(C)COCC(C)NCCC(=O)CC/C=C(/C)CCC(=O)CCNC(C)COCC(C)OCC(C)OCC(C)OCC(C)OCC(C)OCC(C)OCC(C)OCC(C)OCC(C)OC. The monoisotopic (exact) mass is 1430 g/mol. The molecule has 2 N–H and O–H groups in total. The van der Waals surface area contributed by atoms with E-state index in [4.69, 9.17) is 94.7 Å². The number of rotatable bonds is 72. The van der Waals surface area contributed by atoms with E-state index in [1.165, 1.54) is 0 Å². The molecule has 24 nitrogen and oxygen atoms in total. The highest BCUT2D eigenvalue weighted by Crippen LogP contribution is 2.12. The molecule has 0 aromatic carbocycles. The Morgan fingerprint density at radius 1 is 0.253 bits per heavy atom. The van der Waals surface area contributed by atoms with Crippen molar-refractivity contribution in [3.8, 4) is 0 Å². The van der Waals surface area contributed by atoms with Gasteiger partial charge in [-0.25, -0.2) is 0 Å². The molecular weight excluding hydrogens is 1280 g/mol. The van der Waals surface area contributed by atoms with E-state index in [0.29, 0.717) is 184 Å². The summed E-state index contributed by atoms with van der Waals surface area (Å²) < 4.78 is 117. The minimum Gasteiger partial charge on any atom is -0.379 e. The van der Waals surface area contributed by atoms with Crippen molar-refractivity contribution in [2.24, 2.45) is 0 Å². The van der Waals surface area contributed by atoms with Gasteiger partial charge >= 0.3 is 0 Å². The number of allylic oxidation sites excluding steroid dienone is 2. The average molecular weight is 1430 g/mol. The molecule has 0 heterocycles. The van der Waals surface area contributed by atoms with Crippen molar-refractivity contribution in [3.63, 3.8) is 0 Å². The number of nitrogens with one attached hydrogen (secondary N) is 2. The number of carbonyl (C=O) groups is 2. The van der Waals surface area contributed by atoms with Crippen molar-refractivity contribution in [1.82, 2.24) is 10.6 Å². The standard InChI is InChI=1S/C75H148N2O22/c1-53(27-28-75(79)30-32-77-55(3)34-83-36-59(7)87-40-63(11)91-44-67(15)95-48-71(19)99-52-73(21)97-50-69(17)93-46-65(13)89-42-61(9)85-38-57(5)81-23)25-24-26-74(78)29-31-76-54(2)33-82-35-58(6)86-39-62(10)90-43-66(14)94-47-70(18)98-51-72(20)96-49-68(16)92-45-64(12)88-41-60(8)84-37-56(4)80-22/h25,54-73,76-77H,24,26-52H2,1-23H3/b53-25-. The van der Waals surface area contributed by atoms with Crippen molar-refractivity contribution in [2.75, 3.05) is 159 Å². The fourth-order valence-corrected chi connectivity index (χ4v) is 8.73. The number of Topliss-reactive ketones (excluding diaryl/α,β-unsaturated/α-hetero) is 2. The Kier molecular flexibility index (Phi) is 61.3. The summed E-state index contributed by atoms with van der Waals surface area (Å²) in [4.78, 5) is 25.3. The van der Waals surface area contributed by atoms with Crippen molar-refractivity contribution in [2.45, 2.75) is 306 Å². The zero-order valence-corrected chi connectivity index (χ0v) is 66.4. The van der Waals surface area contributed by atoms with Crippen molar-refractivity contribution >= 4 is 11.6 Å². The lowest BCUT2D eigenvalue weighted by Crippen LogP contribution is -2.33. The first-order valence-corrected chi connectivity index (χ1v) is 37.2. The highest BCUT2D eigenvalue weighted by molar-refractivity contribution is 5.79. The summed E-state index contributed by atoms with van der Waals surface area (Å²) in [6, 6.07) is 0.171. The van der Waals surface area contributed by atoms with E-state index >= 15 is 0 Å². The van der Waals surface area contributed by atoms with E-state index < -0.39 is 0 Å².